The van der Waals surface area contributed by atoms with E-state index in [0.717, 1.165) is 37.7 Å². The molecule has 2 saturated carbocycles. The van der Waals surface area contributed by atoms with E-state index in [4.69, 9.17) is 21.6 Å². The minimum Gasteiger partial charge on any atom is -0.489 e. The smallest absolute Gasteiger partial charge is 0.271 e. The third-order valence-corrected chi connectivity index (χ3v) is 8.03. The van der Waals surface area contributed by atoms with E-state index in [9.17, 15) is 9.59 Å². The van der Waals surface area contributed by atoms with Crippen LogP contribution in [0.2, 0.25) is 5.02 Å². The number of hydrogen-bond donors (Lipinski definition) is 1. The van der Waals surface area contributed by atoms with Crippen molar-refractivity contribution >= 4 is 23.8 Å². The first-order chi connectivity index (χ1) is 16.6. The van der Waals surface area contributed by atoms with Crippen LogP contribution in [0.5, 0.6) is 5.75 Å². The molecule has 2 aromatic rings. The number of halogens is 1. The van der Waals surface area contributed by atoms with Crippen LogP contribution in [0.15, 0.2) is 30.6 Å². The molecule has 1 aromatic carbocycles. The summed E-state index contributed by atoms with van der Waals surface area (Å²) in [5.74, 6) is 0.766. The second-order valence-electron chi connectivity index (χ2n) is 10.9. The minimum atomic E-state index is -0.357. The van der Waals surface area contributed by atoms with Crippen LogP contribution in [0.3, 0.4) is 0 Å². The number of aldehydes is 1. The normalized spacial score (nSPS) is 26.6. The Morgan fingerprint density at radius 2 is 1.83 bits per heavy atom. The van der Waals surface area contributed by atoms with Gasteiger partial charge in [-0.1, -0.05) is 39.3 Å². The first-order valence-corrected chi connectivity index (χ1v) is 12.4. The SMILES string of the molecule is CC1(C)[C@H](NC(=O)c2cnc(C3CCC(C=O)CC3)cn2)C(C)(C)[C@H]1Oc1ccc(C#N)c(Cl)c1. The first kappa shape index (κ1) is 25.1. The third kappa shape index (κ3) is 4.77. The fourth-order valence-corrected chi connectivity index (χ4v) is 6.23. The number of carbonyl (C=O) groups is 2. The average Bonchev–Trinajstić information content (AvgIpc) is 2.85. The lowest BCUT2D eigenvalue weighted by Crippen LogP contribution is -2.74. The summed E-state index contributed by atoms with van der Waals surface area (Å²) < 4.78 is 6.28. The number of benzene rings is 1. The highest BCUT2D eigenvalue weighted by molar-refractivity contribution is 6.31. The van der Waals surface area contributed by atoms with Crippen molar-refractivity contribution in [2.45, 2.75) is 71.4 Å². The predicted octanol–water partition coefficient (Wildman–Crippen LogP) is 5.09. The maximum Gasteiger partial charge on any atom is 0.271 e. The molecule has 1 amide bonds. The molecular formula is C27H31ClN4O3. The topological polar surface area (TPSA) is 105 Å². The Morgan fingerprint density at radius 3 is 2.37 bits per heavy atom. The number of ether oxygens (including phenoxy) is 1. The standard InChI is InChI=1S/C27H31ClN4O3/c1-26(2)24(27(3,4)25(26)35-19-10-9-18(12-29)20(28)11-19)32-23(34)22-14-30-21(13-31-22)17-7-5-16(15-33)6-8-17/h9-11,13-17,24-25H,5-8H2,1-4H3,(H,32,34)/t16?,17?,24-,25-. The largest absolute Gasteiger partial charge is 0.489 e. The number of rotatable bonds is 6. The summed E-state index contributed by atoms with van der Waals surface area (Å²) in [5.41, 5.74) is 0.848. The van der Waals surface area contributed by atoms with Gasteiger partial charge in [-0.2, -0.15) is 5.26 Å². The molecule has 35 heavy (non-hydrogen) atoms. The number of nitrogens with zero attached hydrogens (tertiary/aromatic N) is 3. The molecule has 0 bridgehead atoms. The lowest BCUT2D eigenvalue weighted by Gasteiger charge is -2.63. The van der Waals surface area contributed by atoms with E-state index in [0.29, 0.717) is 16.3 Å². The van der Waals surface area contributed by atoms with E-state index < -0.39 is 0 Å². The second-order valence-corrected chi connectivity index (χ2v) is 11.3. The van der Waals surface area contributed by atoms with Gasteiger partial charge >= 0.3 is 0 Å². The van der Waals surface area contributed by atoms with Gasteiger partial charge in [-0.15, -0.1) is 0 Å². The van der Waals surface area contributed by atoms with Crippen LogP contribution < -0.4 is 10.1 Å². The average molecular weight is 495 g/mol. The monoisotopic (exact) mass is 494 g/mol. The highest BCUT2D eigenvalue weighted by Crippen LogP contribution is 2.55. The molecule has 0 unspecified atom stereocenters. The minimum absolute atomic E-state index is 0.151. The van der Waals surface area contributed by atoms with Crippen LogP contribution in [0.1, 0.15) is 81.0 Å². The maximum absolute atomic E-state index is 13.0. The molecule has 1 aromatic heterocycles. The molecule has 0 saturated heterocycles. The van der Waals surface area contributed by atoms with Crippen molar-refractivity contribution in [2.24, 2.45) is 16.7 Å². The fourth-order valence-electron chi connectivity index (χ4n) is 6.02. The van der Waals surface area contributed by atoms with Crippen LogP contribution in [0, 0.1) is 28.1 Å². The molecule has 0 radical (unpaired) electrons. The van der Waals surface area contributed by atoms with Crippen LogP contribution in [0.25, 0.3) is 0 Å². The lowest BCUT2D eigenvalue weighted by atomic mass is 9.49. The van der Waals surface area contributed by atoms with Gasteiger partial charge < -0.3 is 14.8 Å². The van der Waals surface area contributed by atoms with Crippen molar-refractivity contribution in [3.63, 3.8) is 0 Å². The van der Waals surface area contributed by atoms with Crippen LogP contribution >= 0.6 is 11.6 Å². The van der Waals surface area contributed by atoms with Crippen LogP contribution in [0.4, 0.5) is 0 Å². The van der Waals surface area contributed by atoms with Gasteiger partial charge in [-0.05, 0) is 37.8 Å². The number of hydrogen-bond acceptors (Lipinski definition) is 6. The Bertz CT molecular complexity index is 1130. The molecule has 0 atom stereocenters. The van der Waals surface area contributed by atoms with E-state index in [2.05, 4.69) is 43.0 Å². The maximum atomic E-state index is 13.0. The number of nitrogens with one attached hydrogen (secondary N) is 1. The summed E-state index contributed by atoms with van der Waals surface area (Å²) in [4.78, 5) is 32.9. The summed E-state index contributed by atoms with van der Waals surface area (Å²) in [6.45, 7) is 8.24. The summed E-state index contributed by atoms with van der Waals surface area (Å²) >= 11 is 6.17. The molecule has 7 nitrogen and oxygen atoms in total. The molecule has 0 aliphatic heterocycles. The summed E-state index contributed by atoms with van der Waals surface area (Å²) in [7, 11) is 0. The second kappa shape index (κ2) is 9.58. The Morgan fingerprint density at radius 1 is 1.14 bits per heavy atom. The van der Waals surface area contributed by atoms with Gasteiger partial charge in [0.05, 0.1) is 22.5 Å². The fraction of sp³-hybridized carbons (Fsp3) is 0.519. The number of amides is 1. The molecule has 4 rings (SSSR count). The van der Waals surface area contributed by atoms with E-state index in [1.165, 1.54) is 0 Å². The molecule has 1 heterocycles. The zero-order valence-electron chi connectivity index (χ0n) is 20.5. The lowest BCUT2D eigenvalue weighted by molar-refractivity contribution is -0.164. The number of nitriles is 1. The zero-order valence-corrected chi connectivity index (χ0v) is 21.3. The van der Waals surface area contributed by atoms with Crippen molar-refractivity contribution < 1.29 is 14.3 Å². The Balaban J connectivity index is 1.41. The Kier molecular flexibility index (Phi) is 6.88. The van der Waals surface area contributed by atoms with Gasteiger partial charge in [0.25, 0.3) is 5.91 Å². The van der Waals surface area contributed by atoms with E-state index in [1.807, 2.05) is 6.07 Å². The van der Waals surface area contributed by atoms with Crippen molar-refractivity contribution in [1.29, 1.82) is 5.26 Å². The van der Waals surface area contributed by atoms with Gasteiger partial charge in [-0.3, -0.25) is 9.78 Å². The van der Waals surface area contributed by atoms with Gasteiger partial charge in [-0.25, -0.2) is 4.98 Å². The van der Waals surface area contributed by atoms with Gasteiger partial charge in [0.2, 0.25) is 0 Å². The number of carbonyl (C=O) groups excluding carboxylic acids is 2. The molecule has 8 heteroatoms. The van der Waals surface area contributed by atoms with E-state index >= 15 is 0 Å². The molecule has 2 aliphatic carbocycles. The Hall–Kier alpha value is -2.98. The van der Waals surface area contributed by atoms with Crippen molar-refractivity contribution in [3.8, 4) is 11.8 Å². The summed E-state index contributed by atoms with van der Waals surface area (Å²) in [5, 5.41) is 12.6. The highest BCUT2D eigenvalue weighted by atomic mass is 35.5. The quantitative estimate of drug-likeness (QED) is 0.561. The highest BCUT2D eigenvalue weighted by Gasteiger charge is 2.64. The van der Waals surface area contributed by atoms with E-state index in [-0.39, 0.29) is 46.4 Å². The van der Waals surface area contributed by atoms with Crippen molar-refractivity contribution in [3.05, 3.63) is 52.6 Å². The molecule has 0 spiro atoms. The van der Waals surface area contributed by atoms with E-state index in [1.54, 1.807) is 30.6 Å². The van der Waals surface area contributed by atoms with Crippen molar-refractivity contribution in [2.75, 3.05) is 0 Å². The molecule has 2 aliphatic rings. The number of aromatic nitrogens is 2. The predicted molar refractivity (Wildman–Crippen MR) is 132 cm³/mol. The van der Waals surface area contributed by atoms with Gasteiger partial charge in [0.1, 0.15) is 29.9 Å². The summed E-state index contributed by atoms with van der Waals surface area (Å²) in [6, 6.07) is 6.94. The summed E-state index contributed by atoms with van der Waals surface area (Å²) in [6.07, 6.45) is 7.69. The molecule has 2 fully saturated rings. The Labute approximate surface area is 211 Å². The third-order valence-electron chi connectivity index (χ3n) is 7.72. The zero-order chi connectivity index (χ0) is 25.4. The van der Waals surface area contributed by atoms with Crippen LogP contribution in [-0.2, 0) is 4.79 Å². The van der Waals surface area contributed by atoms with Crippen molar-refractivity contribution in [1.82, 2.24) is 15.3 Å². The molecule has 1 N–H and O–H groups in total. The van der Waals surface area contributed by atoms with Gasteiger partial charge in [0, 0.05) is 41.0 Å². The molecule has 184 valence electrons. The van der Waals surface area contributed by atoms with Gasteiger partial charge in [0.15, 0.2) is 0 Å². The first-order valence-electron chi connectivity index (χ1n) is 12.0. The molecular weight excluding hydrogens is 464 g/mol. The van der Waals surface area contributed by atoms with Crippen LogP contribution in [-0.4, -0.2) is 34.3 Å².